The topological polar surface area (TPSA) is 58.0 Å². The molecule has 0 unspecified atom stereocenters. The average Bonchev–Trinajstić information content (AvgIpc) is 2.03. The molecule has 1 aromatic heterocycles. The van der Waals surface area contributed by atoms with E-state index in [1.54, 1.807) is 18.5 Å². The average molecular weight is 139 g/mol. The Morgan fingerprint density at radius 1 is 1.40 bits per heavy atom. The predicted octanol–water partition coefficient (Wildman–Crippen LogP) is -0.484. The van der Waals surface area contributed by atoms with Crippen LogP contribution in [0, 0.1) is 0 Å². The van der Waals surface area contributed by atoms with Crippen molar-refractivity contribution in [3.8, 4) is 0 Å². The van der Waals surface area contributed by atoms with Crippen molar-refractivity contribution < 1.29 is 5.11 Å². The van der Waals surface area contributed by atoms with Crippen LogP contribution in [-0.2, 0) is 6.54 Å². The number of aliphatic hydroxyl groups is 1. The SMILES string of the molecule is OCNCc1ncccn1. The van der Waals surface area contributed by atoms with Gasteiger partial charge in [-0.25, -0.2) is 9.97 Å². The fraction of sp³-hybridized carbons (Fsp3) is 0.333. The minimum absolute atomic E-state index is 0.0434. The lowest BCUT2D eigenvalue weighted by Gasteiger charge is -1.96. The number of rotatable bonds is 3. The Morgan fingerprint density at radius 2 is 2.10 bits per heavy atom. The minimum Gasteiger partial charge on any atom is -0.381 e. The highest BCUT2D eigenvalue weighted by molar-refractivity contribution is 4.87. The van der Waals surface area contributed by atoms with Gasteiger partial charge in [0, 0.05) is 12.4 Å². The third-order valence-electron chi connectivity index (χ3n) is 1.01. The molecule has 0 aromatic carbocycles. The monoisotopic (exact) mass is 139 g/mol. The number of aromatic nitrogens is 2. The van der Waals surface area contributed by atoms with Gasteiger partial charge in [-0.05, 0) is 6.07 Å². The summed E-state index contributed by atoms with van der Waals surface area (Å²) in [5, 5.41) is 11.1. The first-order chi connectivity index (χ1) is 4.93. The molecular weight excluding hydrogens is 130 g/mol. The summed E-state index contributed by atoms with van der Waals surface area (Å²) < 4.78 is 0. The molecule has 4 heteroatoms. The van der Waals surface area contributed by atoms with E-state index in [2.05, 4.69) is 15.3 Å². The van der Waals surface area contributed by atoms with Gasteiger partial charge in [0.15, 0.2) is 0 Å². The lowest BCUT2D eigenvalue weighted by Crippen LogP contribution is -2.15. The first kappa shape index (κ1) is 7.11. The third kappa shape index (κ3) is 2.08. The van der Waals surface area contributed by atoms with E-state index < -0.39 is 0 Å². The highest BCUT2D eigenvalue weighted by atomic mass is 16.3. The first-order valence-corrected chi connectivity index (χ1v) is 3.01. The summed E-state index contributed by atoms with van der Waals surface area (Å²) >= 11 is 0. The van der Waals surface area contributed by atoms with Gasteiger partial charge in [-0.3, -0.25) is 5.32 Å². The van der Waals surface area contributed by atoms with E-state index in [9.17, 15) is 0 Å². The molecule has 1 heterocycles. The Balaban J connectivity index is 2.43. The fourth-order valence-corrected chi connectivity index (χ4v) is 0.589. The number of nitrogens with one attached hydrogen (secondary N) is 1. The summed E-state index contributed by atoms with van der Waals surface area (Å²) in [6, 6.07) is 1.75. The Morgan fingerprint density at radius 3 is 2.70 bits per heavy atom. The van der Waals surface area contributed by atoms with Crippen LogP contribution in [0.1, 0.15) is 5.82 Å². The number of nitrogens with zero attached hydrogens (tertiary/aromatic N) is 2. The van der Waals surface area contributed by atoms with Gasteiger partial charge in [0.2, 0.25) is 0 Å². The maximum atomic E-state index is 8.36. The maximum Gasteiger partial charge on any atom is 0.142 e. The molecule has 0 aliphatic rings. The Labute approximate surface area is 58.9 Å². The van der Waals surface area contributed by atoms with Gasteiger partial charge in [0.1, 0.15) is 5.82 Å². The second-order valence-corrected chi connectivity index (χ2v) is 1.75. The van der Waals surface area contributed by atoms with E-state index in [1.807, 2.05) is 0 Å². The van der Waals surface area contributed by atoms with Crippen molar-refractivity contribution in [2.75, 3.05) is 6.73 Å². The minimum atomic E-state index is -0.0434. The van der Waals surface area contributed by atoms with Crippen molar-refractivity contribution in [2.45, 2.75) is 6.54 Å². The van der Waals surface area contributed by atoms with Gasteiger partial charge in [0.25, 0.3) is 0 Å². The zero-order valence-electron chi connectivity index (χ0n) is 5.49. The van der Waals surface area contributed by atoms with Crippen LogP contribution < -0.4 is 5.32 Å². The quantitative estimate of drug-likeness (QED) is 0.555. The Hall–Kier alpha value is -1.00. The molecule has 54 valence electrons. The number of aliphatic hydroxyl groups excluding tert-OH is 1. The molecule has 1 aromatic rings. The van der Waals surface area contributed by atoms with Crippen LogP contribution in [0.15, 0.2) is 18.5 Å². The van der Waals surface area contributed by atoms with E-state index in [0.717, 1.165) is 0 Å². The highest BCUT2D eigenvalue weighted by Crippen LogP contribution is 1.84. The second kappa shape index (κ2) is 3.92. The summed E-state index contributed by atoms with van der Waals surface area (Å²) in [4.78, 5) is 7.86. The van der Waals surface area contributed by atoms with Crippen molar-refractivity contribution in [1.82, 2.24) is 15.3 Å². The van der Waals surface area contributed by atoms with Crippen molar-refractivity contribution >= 4 is 0 Å². The van der Waals surface area contributed by atoms with Crippen molar-refractivity contribution in [3.63, 3.8) is 0 Å². The molecule has 0 spiro atoms. The summed E-state index contributed by atoms with van der Waals surface area (Å²) in [6.07, 6.45) is 3.34. The molecule has 0 aliphatic carbocycles. The van der Waals surface area contributed by atoms with Crippen molar-refractivity contribution in [3.05, 3.63) is 24.3 Å². The fourth-order valence-electron chi connectivity index (χ4n) is 0.589. The normalized spacial score (nSPS) is 9.70. The molecule has 0 amide bonds. The molecule has 0 saturated heterocycles. The molecule has 0 bridgehead atoms. The van der Waals surface area contributed by atoms with E-state index in [4.69, 9.17) is 5.11 Å². The maximum absolute atomic E-state index is 8.36. The molecule has 4 nitrogen and oxygen atoms in total. The molecule has 0 aliphatic heterocycles. The largest absolute Gasteiger partial charge is 0.381 e. The lowest BCUT2D eigenvalue weighted by molar-refractivity contribution is 0.258. The zero-order valence-corrected chi connectivity index (χ0v) is 5.49. The smallest absolute Gasteiger partial charge is 0.142 e. The van der Waals surface area contributed by atoms with Crippen LogP contribution in [0.5, 0.6) is 0 Å². The standard InChI is InChI=1S/C6H9N3O/c10-5-7-4-6-8-2-1-3-9-6/h1-3,7,10H,4-5H2. The van der Waals surface area contributed by atoms with Crippen LogP contribution in [0.2, 0.25) is 0 Å². The van der Waals surface area contributed by atoms with Crippen LogP contribution in [-0.4, -0.2) is 21.8 Å². The van der Waals surface area contributed by atoms with Crippen molar-refractivity contribution in [2.24, 2.45) is 0 Å². The third-order valence-corrected chi connectivity index (χ3v) is 1.01. The summed E-state index contributed by atoms with van der Waals surface area (Å²) in [5.41, 5.74) is 0. The molecule has 0 fully saturated rings. The molecule has 0 atom stereocenters. The van der Waals surface area contributed by atoms with Gasteiger partial charge in [0.05, 0.1) is 13.3 Å². The van der Waals surface area contributed by atoms with Crippen LogP contribution in [0.4, 0.5) is 0 Å². The van der Waals surface area contributed by atoms with Gasteiger partial charge in [-0.15, -0.1) is 0 Å². The van der Waals surface area contributed by atoms with Gasteiger partial charge in [-0.2, -0.15) is 0 Å². The number of hydrogen-bond acceptors (Lipinski definition) is 4. The summed E-state index contributed by atoms with van der Waals surface area (Å²) in [6.45, 7) is 0.468. The molecule has 1 rings (SSSR count). The Kier molecular flexibility index (Phi) is 2.79. The second-order valence-electron chi connectivity index (χ2n) is 1.75. The van der Waals surface area contributed by atoms with E-state index in [-0.39, 0.29) is 6.73 Å². The van der Waals surface area contributed by atoms with Crippen LogP contribution in [0.25, 0.3) is 0 Å². The van der Waals surface area contributed by atoms with Crippen LogP contribution >= 0.6 is 0 Å². The zero-order chi connectivity index (χ0) is 7.23. The first-order valence-electron chi connectivity index (χ1n) is 3.01. The number of hydrogen-bond donors (Lipinski definition) is 2. The van der Waals surface area contributed by atoms with Crippen LogP contribution in [0.3, 0.4) is 0 Å². The molecule has 0 saturated carbocycles. The van der Waals surface area contributed by atoms with Gasteiger partial charge < -0.3 is 5.11 Å². The Bertz CT molecular complexity index is 178. The predicted molar refractivity (Wildman–Crippen MR) is 36.0 cm³/mol. The van der Waals surface area contributed by atoms with E-state index in [1.165, 1.54) is 0 Å². The van der Waals surface area contributed by atoms with Crippen molar-refractivity contribution in [1.29, 1.82) is 0 Å². The van der Waals surface area contributed by atoms with E-state index in [0.29, 0.717) is 12.4 Å². The highest BCUT2D eigenvalue weighted by Gasteiger charge is 1.89. The summed E-state index contributed by atoms with van der Waals surface area (Å²) in [7, 11) is 0. The summed E-state index contributed by atoms with van der Waals surface area (Å²) in [5.74, 6) is 0.691. The molecule has 10 heavy (non-hydrogen) atoms. The van der Waals surface area contributed by atoms with E-state index >= 15 is 0 Å². The molecule has 2 N–H and O–H groups in total. The molecule has 0 radical (unpaired) electrons. The molecular formula is C6H9N3O. The lowest BCUT2D eigenvalue weighted by atomic mass is 10.5. The van der Waals surface area contributed by atoms with Gasteiger partial charge in [-0.1, -0.05) is 0 Å². The van der Waals surface area contributed by atoms with Gasteiger partial charge >= 0.3 is 0 Å².